The summed E-state index contributed by atoms with van der Waals surface area (Å²) in [6.45, 7) is 1.83. The van der Waals surface area contributed by atoms with Gasteiger partial charge in [-0.15, -0.1) is 0 Å². The molecule has 5 rings (SSSR count). The first-order chi connectivity index (χ1) is 17.0. The van der Waals surface area contributed by atoms with E-state index in [0.29, 0.717) is 12.1 Å². The minimum absolute atomic E-state index is 0.00287. The SMILES string of the molecule is CN1CCc2ccc(Nc3ncc4c(N)n(-c5c(Cl)cc(C(F)(F)F)cc5Cl)c(=O)nc4n3)cc2C1. The molecule has 0 atom stereocenters. The highest BCUT2D eigenvalue weighted by Gasteiger charge is 2.32. The molecule has 1 aliphatic rings. The van der Waals surface area contributed by atoms with Gasteiger partial charge in [-0.25, -0.2) is 14.3 Å². The van der Waals surface area contributed by atoms with Crippen molar-refractivity contribution in [2.24, 2.45) is 0 Å². The van der Waals surface area contributed by atoms with E-state index in [4.69, 9.17) is 28.9 Å². The number of aromatic nitrogens is 4. The van der Waals surface area contributed by atoms with Gasteiger partial charge >= 0.3 is 11.9 Å². The lowest BCUT2D eigenvalue weighted by Crippen LogP contribution is -2.26. The van der Waals surface area contributed by atoms with Gasteiger partial charge in [0, 0.05) is 25.0 Å². The van der Waals surface area contributed by atoms with Crippen molar-refractivity contribution in [2.75, 3.05) is 24.6 Å². The summed E-state index contributed by atoms with van der Waals surface area (Å²) in [5.74, 6) is 0.0261. The van der Waals surface area contributed by atoms with E-state index >= 15 is 0 Å². The van der Waals surface area contributed by atoms with Crippen LogP contribution in [0, 0.1) is 0 Å². The molecule has 3 N–H and O–H groups in total. The second kappa shape index (κ2) is 8.91. The molecule has 13 heteroatoms. The highest BCUT2D eigenvalue weighted by Crippen LogP contribution is 2.38. The topological polar surface area (TPSA) is 102 Å². The van der Waals surface area contributed by atoms with Crippen LogP contribution in [0.1, 0.15) is 16.7 Å². The van der Waals surface area contributed by atoms with E-state index in [-0.39, 0.29) is 28.5 Å². The molecule has 36 heavy (non-hydrogen) atoms. The highest BCUT2D eigenvalue weighted by atomic mass is 35.5. The first-order valence-corrected chi connectivity index (χ1v) is 11.5. The van der Waals surface area contributed by atoms with E-state index in [9.17, 15) is 18.0 Å². The van der Waals surface area contributed by atoms with Crippen LogP contribution in [0.25, 0.3) is 16.7 Å². The van der Waals surface area contributed by atoms with Crippen LogP contribution in [0.3, 0.4) is 0 Å². The van der Waals surface area contributed by atoms with Crippen LogP contribution < -0.4 is 16.7 Å². The summed E-state index contributed by atoms with van der Waals surface area (Å²) in [5.41, 5.74) is 7.25. The summed E-state index contributed by atoms with van der Waals surface area (Å²) >= 11 is 12.1. The smallest absolute Gasteiger partial charge is 0.384 e. The molecule has 0 saturated carbocycles. The summed E-state index contributed by atoms with van der Waals surface area (Å²) in [6, 6.07) is 7.33. The summed E-state index contributed by atoms with van der Waals surface area (Å²) in [4.78, 5) is 27.6. The zero-order chi connectivity index (χ0) is 25.8. The number of halogens is 5. The van der Waals surface area contributed by atoms with Gasteiger partial charge in [0.1, 0.15) is 5.82 Å². The molecular weight excluding hydrogens is 518 g/mol. The quantitative estimate of drug-likeness (QED) is 0.388. The molecule has 2 aromatic heterocycles. The Balaban J connectivity index is 1.53. The fourth-order valence-corrected chi connectivity index (χ4v) is 4.78. The highest BCUT2D eigenvalue weighted by molar-refractivity contribution is 6.38. The Kier molecular flexibility index (Phi) is 6.01. The van der Waals surface area contributed by atoms with Gasteiger partial charge in [0.2, 0.25) is 5.95 Å². The van der Waals surface area contributed by atoms with Crippen molar-refractivity contribution in [3.05, 3.63) is 73.7 Å². The lowest BCUT2D eigenvalue weighted by molar-refractivity contribution is -0.137. The number of nitrogen functional groups attached to an aromatic ring is 1. The van der Waals surface area contributed by atoms with Gasteiger partial charge < -0.3 is 16.0 Å². The maximum atomic E-state index is 13.1. The minimum atomic E-state index is -4.67. The third-order valence-electron chi connectivity index (χ3n) is 5.91. The molecule has 0 radical (unpaired) electrons. The number of likely N-dealkylation sites (N-methyl/N-ethyl adjacent to an activating group) is 1. The van der Waals surface area contributed by atoms with Crippen LogP contribution in [0.2, 0.25) is 10.0 Å². The van der Waals surface area contributed by atoms with Crippen molar-refractivity contribution in [1.29, 1.82) is 0 Å². The second-order valence-electron chi connectivity index (χ2n) is 8.43. The number of nitrogens with zero attached hydrogens (tertiary/aromatic N) is 5. The number of fused-ring (bicyclic) bond motifs is 2. The number of nitrogens with two attached hydrogens (primary N) is 1. The molecule has 8 nitrogen and oxygen atoms in total. The van der Waals surface area contributed by atoms with E-state index in [1.54, 1.807) is 0 Å². The molecular formula is C23H18Cl2F3N7O. The third-order valence-corrected chi connectivity index (χ3v) is 6.49. The Hall–Kier alpha value is -3.41. The van der Waals surface area contributed by atoms with Gasteiger partial charge in [-0.05, 0) is 48.9 Å². The largest absolute Gasteiger partial charge is 0.416 e. The first-order valence-electron chi connectivity index (χ1n) is 10.7. The molecule has 0 bridgehead atoms. The van der Waals surface area contributed by atoms with Crippen LogP contribution >= 0.6 is 23.2 Å². The number of nitrogens with one attached hydrogen (secondary N) is 1. The molecule has 0 saturated heterocycles. The average Bonchev–Trinajstić information content (AvgIpc) is 2.79. The summed E-state index contributed by atoms with van der Waals surface area (Å²) in [5, 5.41) is 2.47. The summed E-state index contributed by atoms with van der Waals surface area (Å²) in [7, 11) is 2.06. The molecule has 3 heterocycles. The van der Waals surface area contributed by atoms with Crippen LogP contribution in [0.15, 0.2) is 41.3 Å². The van der Waals surface area contributed by atoms with E-state index in [1.165, 1.54) is 17.3 Å². The van der Waals surface area contributed by atoms with Crippen LogP contribution in [0.5, 0.6) is 0 Å². The lowest BCUT2D eigenvalue weighted by Gasteiger charge is -2.25. The van der Waals surface area contributed by atoms with E-state index in [0.717, 1.165) is 29.8 Å². The Morgan fingerprint density at radius 1 is 1.08 bits per heavy atom. The van der Waals surface area contributed by atoms with E-state index < -0.39 is 27.5 Å². The van der Waals surface area contributed by atoms with Crippen molar-refractivity contribution >= 4 is 51.7 Å². The molecule has 2 aromatic carbocycles. The van der Waals surface area contributed by atoms with Gasteiger partial charge in [-0.2, -0.15) is 23.1 Å². The van der Waals surface area contributed by atoms with E-state index in [2.05, 4.69) is 38.3 Å². The van der Waals surface area contributed by atoms with Crippen molar-refractivity contribution in [3.63, 3.8) is 0 Å². The predicted octanol–water partition coefficient (Wildman–Crippen LogP) is 4.82. The van der Waals surface area contributed by atoms with Crippen LogP contribution in [0.4, 0.5) is 30.6 Å². The fourth-order valence-electron chi connectivity index (χ4n) is 4.13. The second-order valence-corrected chi connectivity index (χ2v) is 9.24. The lowest BCUT2D eigenvalue weighted by atomic mass is 9.99. The number of rotatable bonds is 3. The van der Waals surface area contributed by atoms with Gasteiger partial charge in [-0.3, -0.25) is 0 Å². The number of benzene rings is 2. The van der Waals surface area contributed by atoms with Gasteiger partial charge in [0.05, 0.1) is 26.7 Å². The average molecular weight is 536 g/mol. The Bertz CT molecular complexity index is 1550. The van der Waals surface area contributed by atoms with E-state index in [1.807, 2.05) is 12.1 Å². The predicted molar refractivity (Wildman–Crippen MR) is 132 cm³/mol. The van der Waals surface area contributed by atoms with Crippen LogP contribution in [-0.4, -0.2) is 38.0 Å². The third kappa shape index (κ3) is 4.45. The molecule has 0 fully saturated rings. The number of anilines is 3. The Morgan fingerprint density at radius 2 is 1.81 bits per heavy atom. The number of hydrogen-bond acceptors (Lipinski definition) is 7. The van der Waals surface area contributed by atoms with Gasteiger partial charge in [0.15, 0.2) is 5.65 Å². The molecule has 0 unspecified atom stereocenters. The Labute approximate surface area is 212 Å². The molecule has 0 aliphatic carbocycles. The minimum Gasteiger partial charge on any atom is -0.384 e. The monoisotopic (exact) mass is 535 g/mol. The van der Waals surface area contributed by atoms with Gasteiger partial charge in [0.25, 0.3) is 0 Å². The van der Waals surface area contributed by atoms with Crippen molar-refractivity contribution in [1.82, 2.24) is 24.4 Å². The Morgan fingerprint density at radius 3 is 2.50 bits per heavy atom. The fraction of sp³-hybridized carbons (Fsp3) is 0.217. The molecule has 4 aromatic rings. The summed E-state index contributed by atoms with van der Waals surface area (Å²) < 4.78 is 40.1. The van der Waals surface area contributed by atoms with Crippen molar-refractivity contribution in [2.45, 2.75) is 19.1 Å². The number of alkyl halides is 3. The maximum absolute atomic E-state index is 13.1. The van der Waals surface area contributed by atoms with Crippen molar-refractivity contribution in [3.8, 4) is 5.69 Å². The molecule has 186 valence electrons. The standard InChI is InChI=1S/C23H18Cl2F3N7O/c1-34-5-4-11-2-3-14(6-12(11)10-34)31-21-30-9-15-19(29)35(22(36)33-20(15)32-21)18-16(24)7-13(8-17(18)25)23(26,27)28/h2-3,6-9H,4-5,10,29H2,1H3,(H,31,32,33,36). The molecule has 1 aliphatic heterocycles. The van der Waals surface area contributed by atoms with Gasteiger partial charge in [-0.1, -0.05) is 29.3 Å². The normalized spacial score (nSPS) is 14.2. The maximum Gasteiger partial charge on any atom is 0.416 e. The van der Waals surface area contributed by atoms with Crippen molar-refractivity contribution < 1.29 is 13.2 Å². The molecule has 0 amide bonds. The first kappa shape index (κ1) is 24.3. The van der Waals surface area contributed by atoms with Crippen LogP contribution in [-0.2, 0) is 19.1 Å². The molecule has 0 spiro atoms. The zero-order valence-electron chi connectivity index (χ0n) is 18.7. The number of hydrogen-bond donors (Lipinski definition) is 2. The zero-order valence-corrected chi connectivity index (χ0v) is 20.2. The summed E-state index contributed by atoms with van der Waals surface area (Å²) in [6.07, 6.45) is -2.34.